The number of nitrogens with zero attached hydrogens (tertiary/aromatic N) is 1. The number of hydrogen-bond acceptors (Lipinski definition) is 3. The summed E-state index contributed by atoms with van der Waals surface area (Å²) in [7, 11) is 0. The van der Waals surface area contributed by atoms with Crippen molar-refractivity contribution in [2.45, 2.75) is 18.9 Å². The molecule has 0 aromatic heterocycles. The lowest BCUT2D eigenvalue weighted by atomic mass is 10.1. The first-order chi connectivity index (χ1) is 13.1. The average molecular weight is 371 g/mol. The fraction of sp³-hybridized carbons (Fsp3) is 0.300. The van der Waals surface area contributed by atoms with E-state index in [1.165, 1.54) is 12.1 Å². The van der Waals surface area contributed by atoms with Crippen molar-refractivity contribution in [3.05, 3.63) is 60.4 Å². The molecule has 1 saturated heterocycles. The number of benzene rings is 2. The monoisotopic (exact) mass is 371 g/mol. The maximum absolute atomic E-state index is 13.5. The molecule has 1 fully saturated rings. The maximum atomic E-state index is 13.5. The Morgan fingerprint density at radius 3 is 2.41 bits per heavy atom. The Kier molecular flexibility index (Phi) is 6.25. The van der Waals surface area contributed by atoms with E-state index < -0.39 is 5.82 Å². The Morgan fingerprint density at radius 2 is 1.70 bits per heavy atom. The van der Waals surface area contributed by atoms with Crippen molar-refractivity contribution in [2.24, 2.45) is 0 Å². The highest BCUT2D eigenvalue weighted by molar-refractivity contribution is 5.89. The largest absolute Gasteiger partial charge is 0.481 e. The topological polar surface area (TPSA) is 70.7 Å². The van der Waals surface area contributed by atoms with Crippen LogP contribution in [0.25, 0.3) is 0 Å². The van der Waals surface area contributed by atoms with Gasteiger partial charge in [0.15, 0.2) is 18.2 Å². The van der Waals surface area contributed by atoms with E-state index in [-0.39, 0.29) is 30.3 Å². The van der Waals surface area contributed by atoms with E-state index >= 15 is 0 Å². The van der Waals surface area contributed by atoms with Crippen LogP contribution in [-0.4, -0.2) is 42.6 Å². The van der Waals surface area contributed by atoms with Gasteiger partial charge in [0.2, 0.25) is 0 Å². The van der Waals surface area contributed by atoms with Gasteiger partial charge in [0.25, 0.3) is 5.91 Å². The zero-order chi connectivity index (χ0) is 19.1. The normalized spacial score (nSPS) is 14.5. The molecule has 3 rings (SSSR count). The lowest BCUT2D eigenvalue weighted by molar-refractivity contribution is -0.124. The van der Waals surface area contributed by atoms with Gasteiger partial charge in [-0.05, 0) is 37.1 Å². The zero-order valence-corrected chi connectivity index (χ0v) is 14.9. The number of amides is 3. The molecule has 2 N–H and O–H groups in total. The van der Waals surface area contributed by atoms with Gasteiger partial charge in [0.05, 0.1) is 0 Å². The van der Waals surface area contributed by atoms with Crippen molar-refractivity contribution in [3.8, 4) is 5.75 Å². The number of hydrogen-bond donors (Lipinski definition) is 2. The van der Waals surface area contributed by atoms with Gasteiger partial charge in [-0.1, -0.05) is 30.3 Å². The number of carbonyl (C=O) groups is 2. The van der Waals surface area contributed by atoms with Gasteiger partial charge >= 0.3 is 6.03 Å². The van der Waals surface area contributed by atoms with Crippen LogP contribution in [-0.2, 0) is 4.79 Å². The number of carbonyl (C=O) groups excluding carboxylic acids is 2. The SMILES string of the molecule is O=C(COc1ccccc1F)NC1CCN(C(=O)Nc2ccccc2)CC1. The molecule has 0 spiro atoms. The maximum Gasteiger partial charge on any atom is 0.321 e. The lowest BCUT2D eigenvalue weighted by Gasteiger charge is -2.32. The summed E-state index contributed by atoms with van der Waals surface area (Å²) >= 11 is 0. The Balaban J connectivity index is 1.39. The molecule has 7 heteroatoms. The van der Waals surface area contributed by atoms with Gasteiger partial charge in [0.1, 0.15) is 0 Å². The molecule has 2 aromatic carbocycles. The predicted octanol–water partition coefficient (Wildman–Crippen LogP) is 3.02. The van der Waals surface area contributed by atoms with E-state index in [1.54, 1.807) is 17.0 Å². The third-order valence-electron chi connectivity index (χ3n) is 4.37. The van der Waals surface area contributed by atoms with Crippen LogP contribution in [0.1, 0.15) is 12.8 Å². The molecular weight excluding hydrogens is 349 g/mol. The number of piperidine rings is 1. The van der Waals surface area contributed by atoms with Crippen molar-refractivity contribution in [1.82, 2.24) is 10.2 Å². The minimum Gasteiger partial charge on any atom is -0.481 e. The number of halogens is 1. The summed E-state index contributed by atoms with van der Waals surface area (Å²) in [4.78, 5) is 26.0. The summed E-state index contributed by atoms with van der Waals surface area (Å²) in [5.41, 5.74) is 0.753. The van der Waals surface area contributed by atoms with Gasteiger partial charge in [-0.25, -0.2) is 9.18 Å². The van der Waals surface area contributed by atoms with E-state index in [9.17, 15) is 14.0 Å². The summed E-state index contributed by atoms with van der Waals surface area (Å²) in [5.74, 6) is -0.742. The van der Waals surface area contributed by atoms with Gasteiger partial charge < -0.3 is 20.3 Å². The molecule has 0 unspecified atom stereocenters. The first kappa shape index (κ1) is 18.7. The van der Waals surface area contributed by atoms with Crippen molar-refractivity contribution < 1.29 is 18.7 Å². The van der Waals surface area contributed by atoms with Crippen LogP contribution in [0.2, 0.25) is 0 Å². The van der Waals surface area contributed by atoms with E-state index in [1.807, 2.05) is 30.3 Å². The highest BCUT2D eigenvalue weighted by Crippen LogP contribution is 2.16. The van der Waals surface area contributed by atoms with Crippen LogP contribution in [0.15, 0.2) is 54.6 Å². The van der Waals surface area contributed by atoms with Gasteiger partial charge in [0, 0.05) is 24.8 Å². The fourth-order valence-electron chi connectivity index (χ4n) is 2.93. The number of anilines is 1. The first-order valence-electron chi connectivity index (χ1n) is 8.89. The Labute approximate surface area is 157 Å². The molecular formula is C20H22FN3O3. The summed E-state index contributed by atoms with van der Waals surface area (Å²) in [5, 5.41) is 5.73. The second-order valence-electron chi connectivity index (χ2n) is 6.34. The number of nitrogens with one attached hydrogen (secondary N) is 2. The minimum atomic E-state index is -0.497. The molecule has 0 bridgehead atoms. The van der Waals surface area contributed by atoms with Crippen LogP contribution in [0.3, 0.4) is 0 Å². The molecule has 6 nitrogen and oxygen atoms in total. The molecule has 142 valence electrons. The van der Waals surface area contributed by atoms with E-state index in [0.717, 1.165) is 5.69 Å². The molecule has 0 atom stereocenters. The molecule has 1 heterocycles. The van der Waals surface area contributed by atoms with Crippen LogP contribution in [0.4, 0.5) is 14.9 Å². The Morgan fingerprint density at radius 1 is 1.04 bits per heavy atom. The molecule has 27 heavy (non-hydrogen) atoms. The molecule has 0 saturated carbocycles. The first-order valence-corrected chi connectivity index (χ1v) is 8.89. The third-order valence-corrected chi connectivity index (χ3v) is 4.37. The summed E-state index contributed by atoms with van der Waals surface area (Å²) in [6, 6.07) is 15.1. The molecule has 0 aliphatic carbocycles. The fourth-order valence-corrected chi connectivity index (χ4v) is 2.93. The second-order valence-corrected chi connectivity index (χ2v) is 6.34. The van der Waals surface area contributed by atoms with Crippen LogP contribution in [0.5, 0.6) is 5.75 Å². The number of urea groups is 1. The quantitative estimate of drug-likeness (QED) is 0.849. The van der Waals surface area contributed by atoms with Gasteiger partial charge in [-0.3, -0.25) is 4.79 Å². The molecule has 1 aliphatic rings. The second kappa shape index (κ2) is 9.02. The van der Waals surface area contributed by atoms with E-state index in [2.05, 4.69) is 10.6 Å². The van der Waals surface area contributed by atoms with E-state index in [4.69, 9.17) is 4.74 Å². The number of ether oxygens (including phenoxy) is 1. The predicted molar refractivity (Wildman–Crippen MR) is 100 cm³/mol. The third kappa shape index (κ3) is 5.44. The minimum absolute atomic E-state index is 0.0255. The molecule has 3 amide bonds. The molecule has 2 aromatic rings. The van der Waals surface area contributed by atoms with Crippen molar-refractivity contribution in [2.75, 3.05) is 25.0 Å². The lowest BCUT2D eigenvalue weighted by Crippen LogP contribution is -2.48. The number of rotatable bonds is 5. The smallest absolute Gasteiger partial charge is 0.321 e. The van der Waals surface area contributed by atoms with E-state index in [0.29, 0.717) is 25.9 Å². The summed E-state index contributed by atoms with van der Waals surface area (Å²) < 4.78 is 18.7. The highest BCUT2D eigenvalue weighted by atomic mass is 19.1. The highest BCUT2D eigenvalue weighted by Gasteiger charge is 2.24. The van der Waals surface area contributed by atoms with Crippen molar-refractivity contribution in [3.63, 3.8) is 0 Å². The van der Waals surface area contributed by atoms with Crippen molar-refractivity contribution in [1.29, 1.82) is 0 Å². The number of para-hydroxylation sites is 2. The summed E-state index contributed by atoms with van der Waals surface area (Å²) in [6.07, 6.45) is 1.32. The Hall–Kier alpha value is -3.09. The van der Waals surface area contributed by atoms with Crippen LogP contribution < -0.4 is 15.4 Å². The van der Waals surface area contributed by atoms with Crippen LogP contribution >= 0.6 is 0 Å². The Bertz CT molecular complexity index is 777. The summed E-state index contributed by atoms with van der Waals surface area (Å²) in [6.45, 7) is 0.866. The number of likely N-dealkylation sites (tertiary alicyclic amines) is 1. The molecule has 1 aliphatic heterocycles. The average Bonchev–Trinajstić information content (AvgIpc) is 2.69. The van der Waals surface area contributed by atoms with Crippen LogP contribution in [0, 0.1) is 5.82 Å². The van der Waals surface area contributed by atoms with Gasteiger partial charge in [-0.2, -0.15) is 0 Å². The standard InChI is InChI=1S/C20H22FN3O3/c21-17-8-4-5-9-18(17)27-14-19(25)22-16-10-12-24(13-11-16)20(26)23-15-6-2-1-3-7-15/h1-9,16H,10-14H2,(H,22,25)(H,23,26). The molecule has 0 radical (unpaired) electrons. The van der Waals surface area contributed by atoms with Gasteiger partial charge in [-0.15, -0.1) is 0 Å². The van der Waals surface area contributed by atoms with Crippen molar-refractivity contribution >= 4 is 17.6 Å². The zero-order valence-electron chi connectivity index (χ0n) is 14.9.